The first-order valence-corrected chi connectivity index (χ1v) is 7.41. The molecule has 0 heterocycles. The first-order chi connectivity index (χ1) is 9.67. The Kier molecular flexibility index (Phi) is 3.52. The highest BCUT2D eigenvalue weighted by molar-refractivity contribution is 5.84. The molecule has 4 nitrogen and oxygen atoms in total. The lowest BCUT2D eigenvalue weighted by atomic mass is 9.78. The molecule has 2 aliphatic rings. The van der Waals surface area contributed by atoms with Crippen LogP contribution in [0.1, 0.15) is 30.4 Å². The van der Waals surface area contributed by atoms with Crippen molar-refractivity contribution in [3.05, 3.63) is 35.4 Å². The van der Waals surface area contributed by atoms with Gasteiger partial charge in [-0.15, -0.1) is 0 Å². The average Bonchev–Trinajstić information content (AvgIpc) is 3.20. The summed E-state index contributed by atoms with van der Waals surface area (Å²) in [5.74, 6) is 0.128. The lowest BCUT2D eigenvalue weighted by molar-refractivity contribution is -0.123. The van der Waals surface area contributed by atoms with Crippen molar-refractivity contribution in [2.75, 3.05) is 13.1 Å². The summed E-state index contributed by atoms with van der Waals surface area (Å²) < 4.78 is 0. The minimum absolute atomic E-state index is 0.0621. The zero-order valence-electron chi connectivity index (χ0n) is 11.6. The van der Waals surface area contributed by atoms with Crippen LogP contribution < -0.4 is 11.1 Å². The average molecular weight is 274 g/mol. The fourth-order valence-corrected chi connectivity index (χ4v) is 3.60. The number of carbonyl (C=O) groups excluding carboxylic acids is 1. The number of benzene rings is 1. The molecule has 3 unspecified atom stereocenters. The molecule has 0 aromatic heterocycles. The molecule has 0 bridgehead atoms. The minimum Gasteiger partial charge on any atom is -0.390 e. The van der Waals surface area contributed by atoms with Crippen molar-refractivity contribution in [2.24, 2.45) is 11.7 Å². The zero-order valence-corrected chi connectivity index (χ0v) is 11.6. The van der Waals surface area contributed by atoms with Crippen molar-refractivity contribution in [3.8, 4) is 0 Å². The number of aliphatic hydroxyl groups is 1. The molecule has 0 saturated heterocycles. The highest BCUT2D eigenvalue weighted by Crippen LogP contribution is 2.60. The van der Waals surface area contributed by atoms with Gasteiger partial charge in [-0.1, -0.05) is 24.3 Å². The van der Waals surface area contributed by atoms with Crippen LogP contribution in [0.25, 0.3) is 0 Å². The molecule has 1 saturated carbocycles. The maximum absolute atomic E-state index is 12.2. The molecule has 0 aliphatic heterocycles. The van der Waals surface area contributed by atoms with Crippen LogP contribution in [0.2, 0.25) is 0 Å². The van der Waals surface area contributed by atoms with Crippen LogP contribution in [0.3, 0.4) is 0 Å². The van der Waals surface area contributed by atoms with Crippen LogP contribution in [0.5, 0.6) is 0 Å². The number of fused-ring (bicyclic) bond motifs is 2. The number of carbonyl (C=O) groups is 1. The number of rotatable bonds is 4. The van der Waals surface area contributed by atoms with Crippen molar-refractivity contribution in [1.29, 1.82) is 0 Å². The third kappa shape index (κ3) is 2.23. The Morgan fingerprint density at radius 2 is 2.30 bits per heavy atom. The van der Waals surface area contributed by atoms with Crippen molar-refractivity contribution < 1.29 is 9.90 Å². The quantitative estimate of drug-likeness (QED) is 0.757. The van der Waals surface area contributed by atoms with Crippen molar-refractivity contribution in [2.45, 2.75) is 37.2 Å². The highest BCUT2D eigenvalue weighted by atomic mass is 16.3. The largest absolute Gasteiger partial charge is 0.390 e. The Balaban J connectivity index is 1.70. The fourth-order valence-electron chi connectivity index (χ4n) is 3.60. The maximum Gasteiger partial charge on any atom is 0.224 e. The lowest BCUT2D eigenvalue weighted by Gasteiger charge is -2.26. The van der Waals surface area contributed by atoms with Gasteiger partial charge in [0.15, 0.2) is 0 Å². The number of nitrogens with two attached hydrogens (primary N) is 1. The number of hydrogen-bond acceptors (Lipinski definition) is 3. The van der Waals surface area contributed by atoms with E-state index in [0.29, 0.717) is 0 Å². The second kappa shape index (κ2) is 5.19. The van der Waals surface area contributed by atoms with E-state index in [9.17, 15) is 9.90 Å². The molecule has 2 aliphatic carbocycles. The number of nitrogens with one attached hydrogen (secondary N) is 1. The lowest BCUT2D eigenvalue weighted by Crippen LogP contribution is -2.38. The van der Waals surface area contributed by atoms with E-state index < -0.39 is 6.10 Å². The van der Waals surface area contributed by atoms with Crippen LogP contribution in [-0.4, -0.2) is 30.2 Å². The first-order valence-electron chi connectivity index (χ1n) is 7.41. The number of amides is 1. The summed E-state index contributed by atoms with van der Waals surface area (Å²) >= 11 is 0. The second-order valence-electron chi connectivity index (χ2n) is 6.06. The molecule has 0 radical (unpaired) electrons. The minimum atomic E-state index is -0.646. The molecule has 1 amide bonds. The molecular formula is C16H22N2O2. The van der Waals surface area contributed by atoms with Crippen LogP contribution in [0, 0.1) is 5.92 Å². The van der Waals surface area contributed by atoms with Crippen molar-refractivity contribution in [3.63, 3.8) is 0 Å². The van der Waals surface area contributed by atoms with Gasteiger partial charge in [0.2, 0.25) is 5.91 Å². The molecule has 4 heteroatoms. The third-order valence-electron chi connectivity index (χ3n) is 4.80. The number of aliphatic hydroxyl groups excluding tert-OH is 1. The van der Waals surface area contributed by atoms with Gasteiger partial charge >= 0.3 is 0 Å². The van der Waals surface area contributed by atoms with Crippen molar-refractivity contribution >= 4 is 5.91 Å². The second-order valence-corrected chi connectivity index (χ2v) is 6.06. The predicted molar refractivity (Wildman–Crippen MR) is 77.2 cm³/mol. The number of hydrogen-bond donors (Lipinski definition) is 3. The van der Waals surface area contributed by atoms with Gasteiger partial charge in [0.1, 0.15) is 0 Å². The predicted octanol–water partition coefficient (Wildman–Crippen LogP) is 0.716. The highest BCUT2D eigenvalue weighted by Gasteiger charge is 2.59. The van der Waals surface area contributed by atoms with Crippen LogP contribution in [-0.2, 0) is 16.6 Å². The summed E-state index contributed by atoms with van der Waals surface area (Å²) in [5, 5.41) is 12.3. The smallest absolute Gasteiger partial charge is 0.224 e. The van der Waals surface area contributed by atoms with E-state index in [0.717, 1.165) is 25.7 Å². The van der Waals surface area contributed by atoms with E-state index in [1.165, 1.54) is 11.1 Å². The molecule has 1 aromatic rings. The van der Waals surface area contributed by atoms with Gasteiger partial charge in [0, 0.05) is 24.4 Å². The van der Waals surface area contributed by atoms with Gasteiger partial charge < -0.3 is 16.2 Å². The zero-order chi connectivity index (χ0) is 14.2. The first kappa shape index (κ1) is 13.6. The third-order valence-corrected chi connectivity index (χ3v) is 4.80. The van der Waals surface area contributed by atoms with E-state index in [2.05, 4.69) is 29.6 Å². The van der Waals surface area contributed by atoms with Gasteiger partial charge in [-0.05, 0) is 36.8 Å². The Morgan fingerprint density at radius 1 is 1.50 bits per heavy atom. The molecule has 108 valence electrons. The SMILES string of the molecule is NCC(O)CNC(=O)C1CC12CCCc1ccccc12. The van der Waals surface area contributed by atoms with Crippen LogP contribution in [0.4, 0.5) is 0 Å². The summed E-state index contributed by atoms with van der Waals surface area (Å²) in [5.41, 5.74) is 8.18. The molecule has 4 N–H and O–H groups in total. The topological polar surface area (TPSA) is 75.3 Å². The monoisotopic (exact) mass is 274 g/mol. The van der Waals surface area contributed by atoms with Gasteiger partial charge in [-0.3, -0.25) is 4.79 Å². The van der Waals surface area contributed by atoms with Gasteiger partial charge in [0.25, 0.3) is 0 Å². The molecule has 3 atom stereocenters. The standard InChI is InChI=1S/C16H22N2O2/c17-9-12(19)10-18-15(20)14-8-16(14)7-3-5-11-4-1-2-6-13(11)16/h1-2,4,6,12,14,19H,3,5,7-10,17H2,(H,18,20). The molecular weight excluding hydrogens is 252 g/mol. The summed E-state index contributed by atoms with van der Waals surface area (Å²) in [6, 6.07) is 8.50. The van der Waals surface area contributed by atoms with Gasteiger partial charge in [0.05, 0.1) is 6.10 Å². The van der Waals surface area contributed by atoms with E-state index in [1.54, 1.807) is 0 Å². The Morgan fingerprint density at radius 3 is 3.10 bits per heavy atom. The Labute approximate surface area is 119 Å². The molecule has 1 spiro atoms. The summed E-state index contributed by atoms with van der Waals surface area (Å²) in [4.78, 5) is 12.2. The summed E-state index contributed by atoms with van der Waals surface area (Å²) in [6.45, 7) is 0.433. The Bertz CT molecular complexity index is 517. The van der Waals surface area contributed by atoms with Gasteiger partial charge in [-0.25, -0.2) is 0 Å². The Hall–Kier alpha value is -1.39. The molecule has 20 heavy (non-hydrogen) atoms. The van der Waals surface area contributed by atoms with E-state index >= 15 is 0 Å². The number of aryl methyl sites for hydroxylation is 1. The van der Waals surface area contributed by atoms with E-state index in [4.69, 9.17) is 5.73 Å². The molecule has 3 rings (SSSR count). The fraction of sp³-hybridized carbons (Fsp3) is 0.562. The normalized spacial score (nSPS) is 28.8. The summed E-state index contributed by atoms with van der Waals surface area (Å²) in [6.07, 6.45) is 3.67. The van der Waals surface area contributed by atoms with Crippen LogP contribution >= 0.6 is 0 Å². The van der Waals surface area contributed by atoms with Crippen LogP contribution in [0.15, 0.2) is 24.3 Å². The molecule has 1 aromatic carbocycles. The molecule has 1 fully saturated rings. The maximum atomic E-state index is 12.2. The van der Waals surface area contributed by atoms with Crippen molar-refractivity contribution in [1.82, 2.24) is 5.32 Å². The summed E-state index contributed by atoms with van der Waals surface area (Å²) in [7, 11) is 0. The van der Waals surface area contributed by atoms with Gasteiger partial charge in [-0.2, -0.15) is 0 Å². The van der Waals surface area contributed by atoms with E-state index in [1.807, 2.05) is 0 Å². The van der Waals surface area contributed by atoms with E-state index in [-0.39, 0.29) is 30.3 Å².